The Morgan fingerprint density at radius 3 is 2.85 bits per heavy atom. The average Bonchev–Trinajstić information content (AvgIpc) is 2.85. The molecule has 0 aliphatic heterocycles. The minimum atomic E-state index is -0.834. The maximum atomic E-state index is 10.5. The van der Waals surface area contributed by atoms with Gasteiger partial charge in [0.25, 0.3) is 0 Å². The fourth-order valence-corrected chi connectivity index (χ4v) is 1.87. The van der Waals surface area contributed by atoms with Crippen LogP contribution in [0, 0.1) is 0 Å². The monoisotopic (exact) mass is 295 g/mol. The van der Waals surface area contributed by atoms with Crippen molar-refractivity contribution >= 4 is 17.6 Å². The smallest absolute Gasteiger partial charge is 0.304 e. The maximum absolute atomic E-state index is 10.5. The lowest BCUT2D eigenvalue weighted by atomic mass is 10.2. The van der Waals surface area contributed by atoms with Crippen LogP contribution in [0.1, 0.15) is 12.3 Å². The van der Waals surface area contributed by atoms with Crippen molar-refractivity contribution < 1.29 is 14.3 Å². The van der Waals surface area contributed by atoms with Crippen LogP contribution in [0.3, 0.4) is 0 Å². The topological polar surface area (TPSA) is 79.5 Å². The molecule has 106 valence electrons. The number of rotatable bonds is 6. The van der Waals surface area contributed by atoms with E-state index in [1.807, 2.05) is 12.1 Å². The van der Waals surface area contributed by atoms with E-state index in [1.165, 1.54) is 0 Å². The molecule has 1 heterocycles. The first-order valence-electron chi connectivity index (χ1n) is 6.04. The van der Waals surface area contributed by atoms with Gasteiger partial charge in [0.1, 0.15) is 0 Å². The first-order chi connectivity index (χ1) is 9.56. The van der Waals surface area contributed by atoms with Crippen LogP contribution in [0.15, 0.2) is 28.7 Å². The minimum Gasteiger partial charge on any atom is -0.481 e. The number of carbonyl (C=O) groups is 1. The third kappa shape index (κ3) is 3.79. The molecule has 7 heteroatoms. The van der Waals surface area contributed by atoms with Crippen molar-refractivity contribution in [3.05, 3.63) is 35.2 Å². The molecular weight excluding hydrogens is 282 g/mol. The average molecular weight is 296 g/mol. The van der Waals surface area contributed by atoms with E-state index in [0.717, 1.165) is 0 Å². The molecule has 0 bridgehead atoms. The van der Waals surface area contributed by atoms with Gasteiger partial charge in [0.15, 0.2) is 0 Å². The van der Waals surface area contributed by atoms with Crippen LogP contribution in [0.25, 0.3) is 11.5 Å². The lowest BCUT2D eigenvalue weighted by Gasteiger charge is -2.11. The molecule has 0 amide bonds. The second kappa shape index (κ2) is 6.49. The second-order valence-corrected chi connectivity index (χ2v) is 4.77. The van der Waals surface area contributed by atoms with E-state index in [0.29, 0.717) is 35.5 Å². The van der Waals surface area contributed by atoms with Crippen LogP contribution in [0.4, 0.5) is 0 Å². The molecule has 6 nitrogen and oxygen atoms in total. The summed E-state index contributed by atoms with van der Waals surface area (Å²) in [6.07, 6.45) is 0.0714. The molecule has 0 aliphatic carbocycles. The minimum absolute atomic E-state index is 0.0714. The summed E-state index contributed by atoms with van der Waals surface area (Å²) in [6, 6.07) is 7.21. The van der Waals surface area contributed by atoms with Gasteiger partial charge in [-0.25, -0.2) is 0 Å². The molecule has 0 spiro atoms. The van der Waals surface area contributed by atoms with E-state index in [9.17, 15) is 4.79 Å². The second-order valence-electron chi connectivity index (χ2n) is 4.36. The number of aromatic nitrogens is 2. The van der Waals surface area contributed by atoms with Gasteiger partial charge in [-0.15, -0.1) is 10.2 Å². The summed E-state index contributed by atoms with van der Waals surface area (Å²) in [5.41, 5.74) is 0.682. The molecule has 0 saturated carbocycles. The van der Waals surface area contributed by atoms with Crippen molar-refractivity contribution in [2.75, 3.05) is 13.6 Å². The highest BCUT2D eigenvalue weighted by Crippen LogP contribution is 2.26. The van der Waals surface area contributed by atoms with Crippen LogP contribution in [0.2, 0.25) is 5.02 Å². The molecule has 2 rings (SSSR count). The van der Waals surface area contributed by atoms with Gasteiger partial charge in [-0.2, -0.15) is 0 Å². The summed E-state index contributed by atoms with van der Waals surface area (Å²) in [6.45, 7) is 0.809. The van der Waals surface area contributed by atoms with Crippen molar-refractivity contribution in [1.29, 1.82) is 0 Å². The highest BCUT2D eigenvalue weighted by molar-refractivity contribution is 6.33. The number of nitrogens with zero attached hydrogens (tertiary/aromatic N) is 3. The van der Waals surface area contributed by atoms with Crippen molar-refractivity contribution in [1.82, 2.24) is 15.1 Å². The van der Waals surface area contributed by atoms with Gasteiger partial charge in [0.2, 0.25) is 11.8 Å². The van der Waals surface area contributed by atoms with Gasteiger partial charge in [-0.05, 0) is 19.2 Å². The van der Waals surface area contributed by atoms with Crippen LogP contribution in [-0.2, 0) is 11.3 Å². The van der Waals surface area contributed by atoms with Gasteiger partial charge >= 0.3 is 5.97 Å². The van der Waals surface area contributed by atoms with Crippen LogP contribution >= 0.6 is 11.6 Å². The molecule has 1 aromatic heterocycles. The number of halogens is 1. The zero-order valence-corrected chi connectivity index (χ0v) is 11.7. The van der Waals surface area contributed by atoms with Crippen molar-refractivity contribution in [2.45, 2.75) is 13.0 Å². The fraction of sp³-hybridized carbons (Fsp3) is 0.308. The van der Waals surface area contributed by atoms with Crippen molar-refractivity contribution in [3.63, 3.8) is 0 Å². The molecule has 20 heavy (non-hydrogen) atoms. The van der Waals surface area contributed by atoms with Gasteiger partial charge in [0, 0.05) is 6.54 Å². The molecule has 0 aliphatic rings. The fourth-order valence-electron chi connectivity index (χ4n) is 1.66. The van der Waals surface area contributed by atoms with Gasteiger partial charge in [-0.1, -0.05) is 23.7 Å². The van der Waals surface area contributed by atoms with Crippen molar-refractivity contribution in [2.24, 2.45) is 0 Å². The number of aliphatic carboxylic acids is 1. The molecule has 2 aromatic rings. The maximum Gasteiger partial charge on any atom is 0.304 e. The van der Waals surface area contributed by atoms with Crippen LogP contribution < -0.4 is 0 Å². The molecule has 0 unspecified atom stereocenters. The quantitative estimate of drug-likeness (QED) is 0.881. The van der Waals surface area contributed by atoms with Gasteiger partial charge in [0.05, 0.1) is 23.6 Å². The van der Waals surface area contributed by atoms with E-state index in [1.54, 1.807) is 24.1 Å². The highest BCUT2D eigenvalue weighted by atomic mass is 35.5. The Hall–Kier alpha value is -1.92. The van der Waals surface area contributed by atoms with E-state index in [-0.39, 0.29) is 6.42 Å². The lowest BCUT2D eigenvalue weighted by Crippen LogP contribution is -2.21. The first kappa shape index (κ1) is 14.5. The summed E-state index contributed by atoms with van der Waals surface area (Å²) in [5, 5.41) is 17.1. The Morgan fingerprint density at radius 1 is 1.40 bits per heavy atom. The van der Waals surface area contributed by atoms with Gasteiger partial charge < -0.3 is 9.52 Å². The lowest BCUT2D eigenvalue weighted by molar-refractivity contribution is -0.137. The number of benzene rings is 1. The number of hydrogen-bond donors (Lipinski definition) is 1. The van der Waals surface area contributed by atoms with Crippen molar-refractivity contribution in [3.8, 4) is 11.5 Å². The largest absolute Gasteiger partial charge is 0.481 e. The molecule has 0 fully saturated rings. The molecule has 0 radical (unpaired) electrons. The summed E-state index contributed by atoms with van der Waals surface area (Å²) in [7, 11) is 1.79. The standard InChI is InChI=1S/C13H14ClN3O3/c1-17(7-6-12(18)19)8-11-15-16-13(20-11)9-4-2-3-5-10(9)14/h2-5H,6-8H2,1H3,(H,18,19). The number of carboxylic acid groups (broad SMARTS) is 1. The predicted molar refractivity (Wildman–Crippen MR) is 73.3 cm³/mol. The highest BCUT2D eigenvalue weighted by Gasteiger charge is 2.13. The summed E-state index contributed by atoms with van der Waals surface area (Å²) in [4.78, 5) is 12.3. The zero-order valence-electron chi connectivity index (χ0n) is 10.9. The Bertz CT molecular complexity index is 600. The molecule has 1 aromatic carbocycles. The molecule has 1 N–H and O–H groups in total. The van der Waals surface area contributed by atoms with E-state index < -0.39 is 5.97 Å². The summed E-state index contributed by atoms with van der Waals surface area (Å²) < 4.78 is 5.53. The normalized spacial score (nSPS) is 10.9. The zero-order chi connectivity index (χ0) is 14.5. The third-order valence-electron chi connectivity index (χ3n) is 2.68. The van der Waals surface area contributed by atoms with Crippen LogP contribution in [0.5, 0.6) is 0 Å². The van der Waals surface area contributed by atoms with Crippen LogP contribution in [-0.4, -0.2) is 39.8 Å². The summed E-state index contributed by atoms with van der Waals surface area (Å²) in [5.74, 6) is -0.0517. The van der Waals surface area contributed by atoms with E-state index >= 15 is 0 Å². The molecular formula is C13H14ClN3O3. The predicted octanol–water partition coefficient (Wildman–Crippen LogP) is 2.30. The molecule has 0 saturated heterocycles. The third-order valence-corrected chi connectivity index (χ3v) is 3.01. The Labute approximate surface area is 121 Å². The number of hydrogen-bond acceptors (Lipinski definition) is 5. The van der Waals surface area contributed by atoms with E-state index in [2.05, 4.69) is 10.2 Å². The Kier molecular flexibility index (Phi) is 4.70. The summed E-state index contributed by atoms with van der Waals surface area (Å²) >= 11 is 6.05. The SMILES string of the molecule is CN(CCC(=O)O)Cc1nnc(-c2ccccc2Cl)o1. The first-order valence-corrected chi connectivity index (χ1v) is 6.41. The number of carboxylic acids is 1. The Balaban J connectivity index is 2.02. The molecule has 0 atom stereocenters. The van der Waals surface area contributed by atoms with Gasteiger partial charge in [-0.3, -0.25) is 9.69 Å². The van der Waals surface area contributed by atoms with E-state index in [4.69, 9.17) is 21.1 Å². The Morgan fingerprint density at radius 2 is 2.15 bits per heavy atom.